The number of Topliss-reactive ketones (excluding diaryl/α,β-unsaturated/α-hetero) is 1. The molecular weight excluding hydrogens is 164 g/mol. The van der Waals surface area contributed by atoms with Crippen molar-refractivity contribution in [3.05, 3.63) is 11.6 Å². The predicted octanol–water partition coefficient (Wildman–Crippen LogP) is 2.22. The smallest absolute Gasteiger partial charge is 0.161 e. The number of aliphatic hydroxyl groups is 1. The number of hydrogen-bond acceptors (Lipinski definition) is 2. The Morgan fingerprint density at radius 1 is 1.54 bits per heavy atom. The molecule has 0 spiro atoms. The van der Waals surface area contributed by atoms with Crippen LogP contribution < -0.4 is 0 Å². The second-order valence-corrected chi connectivity index (χ2v) is 3.63. The van der Waals surface area contributed by atoms with Crippen LogP contribution in [0.15, 0.2) is 11.6 Å². The van der Waals surface area contributed by atoms with Gasteiger partial charge >= 0.3 is 0 Å². The van der Waals surface area contributed by atoms with Crippen LogP contribution in [0, 0.1) is 0 Å². The fourth-order valence-electron chi connectivity index (χ4n) is 1.70. The summed E-state index contributed by atoms with van der Waals surface area (Å²) in [6.07, 6.45) is 6.65. The second-order valence-electron chi connectivity index (χ2n) is 3.63. The first-order valence-electron chi connectivity index (χ1n) is 5.17. The number of hydrogen-bond donors (Lipinski definition) is 1. The van der Waals surface area contributed by atoms with Gasteiger partial charge in [0.1, 0.15) is 0 Å². The van der Waals surface area contributed by atoms with Crippen molar-refractivity contribution in [1.29, 1.82) is 0 Å². The normalized spacial score (nSPS) is 20.8. The molecule has 1 N–H and O–H groups in total. The molecule has 1 rings (SSSR count). The molecule has 0 aromatic heterocycles. The molecule has 1 aliphatic carbocycles. The molecule has 1 aliphatic rings. The van der Waals surface area contributed by atoms with E-state index in [1.165, 1.54) is 0 Å². The number of ketones is 1. The van der Waals surface area contributed by atoms with E-state index in [-0.39, 0.29) is 5.78 Å². The highest BCUT2D eigenvalue weighted by molar-refractivity contribution is 5.96. The van der Waals surface area contributed by atoms with Crippen LogP contribution in [-0.4, -0.2) is 17.0 Å². The molecule has 0 amide bonds. The van der Waals surface area contributed by atoms with Crippen molar-refractivity contribution in [1.82, 2.24) is 0 Å². The van der Waals surface area contributed by atoms with Crippen molar-refractivity contribution in [2.24, 2.45) is 0 Å². The molecule has 0 heterocycles. The third-order valence-corrected chi connectivity index (χ3v) is 2.47. The number of aliphatic hydroxyl groups excluding tert-OH is 1. The van der Waals surface area contributed by atoms with Gasteiger partial charge < -0.3 is 5.11 Å². The van der Waals surface area contributed by atoms with Crippen molar-refractivity contribution < 1.29 is 9.90 Å². The maximum Gasteiger partial charge on any atom is 0.161 e. The van der Waals surface area contributed by atoms with Crippen LogP contribution in [0.4, 0.5) is 0 Å². The average Bonchev–Trinajstić information content (AvgIpc) is 2.30. The van der Waals surface area contributed by atoms with Gasteiger partial charge in [0.05, 0.1) is 6.10 Å². The van der Waals surface area contributed by atoms with Crippen molar-refractivity contribution in [3.8, 4) is 0 Å². The minimum atomic E-state index is -0.518. The summed E-state index contributed by atoms with van der Waals surface area (Å²) in [4.78, 5) is 11.5. The number of allylic oxidation sites excluding steroid dienone is 1. The number of rotatable bonds is 3. The van der Waals surface area contributed by atoms with E-state index in [4.69, 9.17) is 0 Å². The van der Waals surface area contributed by atoms with Gasteiger partial charge in [-0.25, -0.2) is 0 Å². The van der Waals surface area contributed by atoms with Crippen LogP contribution in [-0.2, 0) is 4.79 Å². The summed E-state index contributed by atoms with van der Waals surface area (Å²) >= 11 is 0. The molecule has 1 atom stereocenters. The molecule has 1 unspecified atom stereocenters. The van der Waals surface area contributed by atoms with Gasteiger partial charge in [0.2, 0.25) is 0 Å². The van der Waals surface area contributed by atoms with Gasteiger partial charge in [0.15, 0.2) is 5.78 Å². The lowest BCUT2D eigenvalue weighted by Crippen LogP contribution is -2.17. The standard InChI is InChI=1S/C11H18O2/c1-2-6-10(12)9-7-4-3-5-8-11(9)13/h7,10,12H,2-6,8H2,1H3. The van der Waals surface area contributed by atoms with E-state index in [0.29, 0.717) is 18.4 Å². The SMILES string of the molecule is CCCC(O)C1=CCCCCC1=O. The molecule has 2 heteroatoms. The minimum absolute atomic E-state index is 0.151. The maximum absolute atomic E-state index is 11.5. The largest absolute Gasteiger partial charge is 0.388 e. The fraction of sp³-hybridized carbons (Fsp3) is 0.727. The number of carbonyl (C=O) groups is 1. The molecule has 0 aliphatic heterocycles. The Kier molecular flexibility index (Phi) is 4.16. The first-order valence-corrected chi connectivity index (χ1v) is 5.17. The summed E-state index contributed by atoms with van der Waals surface area (Å²) in [5, 5.41) is 9.68. The zero-order valence-corrected chi connectivity index (χ0v) is 8.25. The van der Waals surface area contributed by atoms with E-state index in [9.17, 15) is 9.90 Å². The Labute approximate surface area is 79.6 Å². The van der Waals surface area contributed by atoms with Crippen LogP contribution in [0.25, 0.3) is 0 Å². The molecule has 0 radical (unpaired) electrons. The van der Waals surface area contributed by atoms with Crippen LogP contribution >= 0.6 is 0 Å². The molecule has 0 fully saturated rings. The van der Waals surface area contributed by atoms with Gasteiger partial charge in [-0.1, -0.05) is 19.4 Å². The van der Waals surface area contributed by atoms with Crippen molar-refractivity contribution in [3.63, 3.8) is 0 Å². The van der Waals surface area contributed by atoms with Gasteiger partial charge in [0, 0.05) is 12.0 Å². The van der Waals surface area contributed by atoms with Gasteiger partial charge in [-0.2, -0.15) is 0 Å². The Balaban J connectivity index is 2.62. The van der Waals surface area contributed by atoms with E-state index < -0.39 is 6.10 Å². The van der Waals surface area contributed by atoms with Crippen molar-refractivity contribution in [2.75, 3.05) is 0 Å². The van der Waals surface area contributed by atoms with E-state index in [0.717, 1.165) is 25.7 Å². The molecule has 0 aromatic rings. The Morgan fingerprint density at radius 3 is 3.00 bits per heavy atom. The monoisotopic (exact) mass is 182 g/mol. The fourth-order valence-corrected chi connectivity index (χ4v) is 1.70. The predicted molar refractivity (Wildman–Crippen MR) is 52.5 cm³/mol. The Hall–Kier alpha value is -0.630. The summed E-state index contributed by atoms with van der Waals surface area (Å²) < 4.78 is 0. The molecule has 13 heavy (non-hydrogen) atoms. The van der Waals surface area contributed by atoms with Crippen LogP contribution in [0.2, 0.25) is 0 Å². The number of carbonyl (C=O) groups excluding carboxylic acids is 1. The maximum atomic E-state index is 11.5. The highest BCUT2D eigenvalue weighted by Crippen LogP contribution is 2.19. The molecule has 0 saturated heterocycles. The van der Waals surface area contributed by atoms with Gasteiger partial charge in [-0.05, 0) is 25.7 Å². The summed E-state index contributed by atoms with van der Waals surface area (Å²) in [6, 6.07) is 0. The third-order valence-electron chi connectivity index (χ3n) is 2.47. The van der Waals surface area contributed by atoms with Crippen LogP contribution in [0.3, 0.4) is 0 Å². The zero-order valence-electron chi connectivity index (χ0n) is 8.25. The molecule has 0 saturated carbocycles. The lowest BCUT2D eigenvalue weighted by atomic mass is 10.00. The van der Waals surface area contributed by atoms with Crippen molar-refractivity contribution in [2.45, 2.75) is 51.6 Å². The van der Waals surface area contributed by atoms with Gasteiger partial charge in [-0.3, -0.25) is 4.79 Å². The zero-order chi connectivity index (χ0) is 9.68. The molecule has 0 bridgehead atoms. The highest BCUT2D eigenvalue weighted by atomic mass is 16.3. The first kappa shape index (κ1) is 10.5. The van der Waals surface area contributed by atoms with E-state index in [2.05, 4.69) is 0 Å². The summed E-state index contributed by atoms with van der Waals surface area (Å²) in [5.74, 6) is 0.151. The van der Waals surface area contributed by atoms with Crippen LogP contribution in [0.1, 0.15) is 45.4 Å². The Morgan fingerprint density at radius 2 is 2.31 bits per heavy atom. The van der Waals surface area contributed by atoms with Gasteiger partial charge in [0.25, 0.3) is 0 Å². The van der Waals surface area contributed by atoms with E-state index in [1.54, 1.807) is 0 Å². The van der Waals surface area contributed by atoms with Crippen LogP contribution in [0.5, 0.6) is 0 Å². The molecule has 0 aromatic carbocycles. The summed E-state index contributed by atoms with van der Waals surface area (Å²) in [5.41, 5.74) is 0.666. The Bertz CT molecular complexity index is 206. The van der Waals surface area contributed by atoms with Gasteiger partial charge in [-0.15, -0.1) is 0 Å². The minimum Gasteiger partial charge on any atom is -0.388 e. The lowest BCUT2D eigenvalue weighted by Gasteiger charge is -2.11. The van der Waals surface area contributed by atoms with E-state index in [1.807, 2.05) is 13.0 Å². The molecular formula is C11H18O2. The summed E-state index contributed by atoms with van der Waals surface area (Å²) in [6.45, 7) is 2.02. The quantitative estimate of drug-likeness (QED) is 0.726. The van der Waals surface area contributed by atoms with Crippen molar-refractivity contribution >= 4 is 5.78 Å². The lowest BCUT2D eigenvalue weighted by molar-refractivity contribution is -0.116. The topological polar surface area (TPSA) is 37.3 Å². The summed E-state index contributed by atoms with van der Waals surface area (Å²) in [7, 11) is 0. The second kappa shape index (κ2) is 5.18. The molecule has 2 nitrogen and oxygen atoms in total. The third kappa shape index (κ3) is 2.96. The first-order chi connectivity index (χ1) is 6.25. The average molecular weight is 182 g/mol. The van der Waals surface area contributed by atoms with E-state index >= 15 is 0 Å². The highest BCUT2D eigenvalue weighted by Gasteiger charge is 2.18. The molecule has 74 valence electrons.